The highest BCUT2D eigenvalue weighted by Gasteiger charge is 2.19. The zero-order valence-corrected chi connectivity index (χ0v) is 19.1. The number of nitrogens with one attached hydrogen (secondary N) is 1. The number of nitrogens with zero attached hydrogens (tertiary/aromatic N) is 3. The maximum atomic E-state index is 13.2. The van der Waals surface area contributed by atoms with Crippen molar-refractivity contribution in [2.75, 3.05) is 31.2 Å². The average Bonchev–Trinajstić information content (AvgIpc) is 3.26. The Labute approximate surface area is 194 Å². The van der Waals surface area contributed by atoms with Crippen molar-refractivity contribution in [2.24, 2.45) is 0 Å². The summed E-state index contributed by atoms with van der Waals surface area (Å²) in [6.07, 6.45) is 11.4. The fraction of sp³-hybridized carbons (Fsp3) is 0.333. The minimum atomic E-state index is -0.0962. The summed E-state index contributed by atoms with van der Waals surface area (Å²) >= 11 is 0. The van der Waals surface area contributed by atoms with Crippen LogP contribution in [0.4, 0.5) is 5.69 Å². The van der Waals surface area contributed by atoms with Crippen molar-refractivity contribution in [2.45, 2.75) is 32.7 Å². The van der Waals surface area contributed by atoms with Gasteiger partial charge in [0.05, 0.1) is 18.9 Å². The number of aromatic nitrogens is 2. The van der Waals surface area contributed by atoms with E-state index in [0.717, 1.165) is 61.6 Å². The largest absolute Gasteiger partial charge is 0.378 e. The molecule has 2 aliphatic rings. The molecule has 0 radical (unpaired) electrons. The predicted octanol–water partition coefficient (Wildman–Crippen LogP) is 4.40. The highest BCUT2D eigenvalue weighted by atomic mass is 16.5. The number of allylic oxidation sites excluding steroid dienone is 4. The topological polar surface area (TPSA) is 58.9 Å². The van der Waals surface area contributed by atoms with Gasteiger partial charge in [-0.05, 0) is 60.2 Å². The smallest absolute Gasteiger partial charge is 0.270 e. The molecule has 1 fully saturated rings. The first-order valence-corrected chi connectivity index (χ1v) is 11.8. The van der Waals surface area contributed by atoms with Crippen LogP contribution < -0.4 is 10.2 Å². The van der Waals surface area contributed by atoms with Crippen molar-refractivity contribution in [3.63, 3.8) is 0 Å². The van der Waals surface area contributed by atoms with Crippen LogP contribution in [0.2, 0.25) is 0 Å². The zero-order chi connectivity index (χ0) is 22.6. The Bertz CT molecular complexity index is 1200. The number of imidazole rings is 1. The Morgan fingerprint density at radius 3 is 2.67 bits per heavy atom. The summed E-state index contributed by atoms with van der Waals surface area (Å²) in [6.45, 7) is 5.89. The summed E-state index contributed by atoms with van der Waals surface area (Å²) < 4.78 is 7.34. The van der Waals surface area contributed by atoms with E-state index in [4.69, 9.17) is 9.72 Å². The van der Waals surface area contributed by atoms with Crippen LogP contribution in [0.15, 0.2) is 60.8 Å². The number of ether oxygens (including phenoxy) is 1. The predicted molar refractivity (Wildman–Crippen MR) is 132 cm³/mol. The van der Waals surface area contributed by atoms with Crippen LogP contribution in [0.5, 0.6) is 0 Å². The van der Waals surface area contributed by atoms with Crippen molar-refractivity contribution < 1.29 is 9.53 Å². The molecule has 2 aromatic heterocycles. The number of rotatable bonds is 6. The van der Waals surface area contributed by atoms with Crippen LogP contribution in [0, 0.1) is 0 Å². The van der Waals surface area contributed by atoms with Gasteiger partial charge in [-0.15, -0.1) is 0 Å². The van der Waals surface area contributed by atoms with Gasteiger partial charge in [-0.3, -0.25) is 9.20 Å². The third-order valence-electron chi connectivity index (χ3n) is 6.34. The van der Waals surface area contributed by atoms with Gasteiger partial charge in [0, 0.05) is 31.5 Å². The molecule has 0 spiro atoms. The summed E-state index contributed by atoms with van der Waals surface area (Å²) in [6, 6.07) is 12.5. The van der Waals surface area contributed by atoms with E-state index in [1.54, 1.807) is 0 Å². The van der Waals surface area contributed by atoms with Crippen molar-refractivity contribution in [1.82, 2.24) is 14.7 Å². The van der Waals surface area contributed by atoms with Crippen molar-refractivity contribution in [1.29, 1.82) is 0 Å². The van der Waals surface area contributed by atoms with E-state index >= 15 is 0 Å². The standard InChI is InChI=1S/C27H30N4O2/c1-2-24-26(31-13-12-22(18-25(31)29-24)21-6-4-3-5-7-21)27(32)28-19-20-8-10-23(11-9-20)30-14-16-33-17-15-30/h4,6-13,18H,2-3,5,14-17,19H2,1H3,(H,28,32). The quantitative estimate of drug-likeness (QED) is 0.615. The maximum Gasteiger partial charge on any atom is 0.270 e. The summed E-state index contributed by atoms with van der Waals surface area (Å²) in [5.41, 5.74) is 6.88. The molecule has 0 saturated carbocycles. The van der Waals surface area contributed by atoms with E-state index in [1.807, 2.05) is 17.5 Å². The number of morpholine rings is 1. The molecular formula is C27H30N4O2. The van der Waals surface area contributed by atoms with Gasteiger partial charge in [-0.25, -0.2) is 4.98 Å². The molecule has 0 unspecified atom stereocenters. The number of aryl methyl sites for hydroxylation is 1. The summed E-state index contributed by atoms with van der Waals surface area (Å²) in [4.78, 5) is 20.2. The maximum absolute atomic E-state index is 13.2. The molecule has 0 atom stereocenters. The van der Waals surface area contributed by atoms with E-state index in [-0.39, 0.29) is 5.91 Å². The zero-order valence-electron chi connectivity index (χ0n) is 19.1. The molecule has 1 N–H and O–H groups in total. The fourth-order valence-corrected chi connectivity index (χ4v) is 4.50. The number of hydrogen-bond acceptors (Lipinski definition) is 4. The van der Waals surface area contributed by atoms with Gasteiger partial charge in [0.1, 0.15) is 11.3 Å². The van der Waals surface area contributed by atoms with Crippen molar-refractivity contribution in [3.05, 3.63) is 83.3 Å². The molecule has 1 saturated heterocycles. The lowest BCUT2D eigenvalue weighted by Crippen LogP contribution is -2.36. The van der Waals surface area contributed by atoms with Crippen LogP contribution in [0.25, 0.3) is 11.2 Å². The monoisotopic (exact) mass is 442 g/mol. The molecular weight excluding hydrogens is 412 g/mol. The molecule has 3 aromatic rings. The number of carbonyl (C=O) groups excluding carboxylic acids is 1. The minimum Gasteiger partial charge on any atom is -0.378 e. The van der Waals surface area contributed by atoms with Crippen LogP contribution in [0.3, 0.4) is 0 Å². The third-order valence-corrected chi connectivity index (χ3v) is 6.34. The van der Waals surface area contributed by atoms with E-state index < -0.39 is 0 Å². The van der Waals surface area contributed by atoms with Crippen LogP contribution in [-0.4, -0.2) is 41.6 Å². The van der Waals surface area contributed by atoms with Gasteiger partial charge in [-0.1, -0.05) is 37.3 Å². The average molecular weight is 443 g/mol. The molecule has 1 aliphatic heterocycles. The lowest BCUT2D eigenvalue weighted by molar-refractivity contribution is 0.0944. The first-order chi connectivity index (χ1) is 16.2. The summed E-state index contributed by atoms with van der Waals surface area (Å²) in [7, 11) is 0. The van der Waals surface area contributed by atoms with E-state index in [0.29, 0.717) is 18.7 Å². The second-order valence-corrected chi connectivity index (χ2v) is 8.49. The molecule has 3 heterocycles. The number of pyridine rings is 1. The molecule has 33 heavy (non-hydrogen) atoms. The first-order valence-electron chi connectivity index (χ1n) is 11.8. The minimum absolute atomic E-state index is 0.0962. The second-order valence-electron chi connectivity index (χ2n) is 8.49. The van der Waals surface area contributed by atoms with E-state index in [2.05, 4.69) is 64.8 Å². The van der Waals surface area contributed by atoms with Gasteiger partial charge >= 0.3 is 0 Å². The van der Waals surface area contributed by atoms with E-state index in [1.165, 1.54) is 11.3 Å². The number of benzene rings is 1. The molecule has 1 aliphatic carbocycles. The Morgan fingerprint density at radius 1 is 1.12 bits per heavy atom. The summed E-state index contributed by atoms with van der Waals surface area (Å²) in [5.74, 6) is -0.0962. The molecule has 5 rings (SSSR count). The van der Waals surface area contributed by atoms with Gasteiger partial charge in [0.25, 0.3) is 5.91 Å². The van der Waals surface area contributed by atoms with Crippen molar-refractivity contribution >= 4 is 22.8 Å². The highest BCUT2D eigenvalue weighted by Crippen LogP contribution is 2.24. The lowest BCUT2D eigenvalue weighted by atomic mass is 10.0. The Kier molecular flexibility index (Phi) is 6.26. The second kappa shape index (κ2) is 9.63. The van der Waals surface area contributed by atoms with E-state index in [9.17, 15) is 4.79 Å². The summed E-state index contributed by atoms with van der Waals surface area (Å²) in [5, 5.41) is 3.09. The number of amides is 1. The number of hydrogen-bond donors (Lipinski definition) is 1. The number of carbonyl (C=O) groups is 1. The molecule has 170 valence electrons. The first kappa shape index (κ1) is 21.5. The highest BCUT2D eigenvalue weighted by molar-refractivity contribution is 5.95. The Balaban J connectivity index is 1.31. The Hall–Kier alpha value is -3.38. The normalized spacial score (nSPS) is 16.2. The van der Waals surface area contributed by atoms with Gasteiger partial charge < -0.3 is 15.0 Å². The number of anilines is 1. The van der Waals surface area contributed by atoms with Crippen LogP contribution in [0.1, 0.15) is 47.1 Å². The third kappa shape index (κ3) is 4.57. The molecule has 1 amide bonds. The van der Waals surface area contributed by atoms with Crippen molar-refractivity contribution in [3.8, 4) is 0 Å². The van der Waals surface area contributed by atoms with Gasteiger partial charge in [0.2, 0.25) is 0 Å². The van der Waals surface area contributed by atoms with Crippen LogP contribution in [-0.2, 0) is 17.7 Å². The van der Waals surface area contributed by atoms with Gasteiger partial charge in [0.15, 0.2) is 0 Å². The molecule has 6 heteroatoms. The van der Waals surface area contributed by atoms with Gasteiger partial charge in [-0.2, -0.15) is 0 Å². The molecule has 1 aromatic carbocycles. The fourth-order valence-electron chi connectivity index (χ4n) is 4.50. The number of fused-ring (bicyclic) bond motifs is 1. The SMILES string of the molecule is CCc1nc2cc(C3=CCCC=C3)ccn2c1C(=O)NCc1ccc(N2CCOCC2)cc1. The molecule has 6 nitrogen and oxygen atoms in total. The lowest BCUT2D eigenvalue weighted by Gasteiger charge is -2.28. The van der Waals surface area contributed by atoms with Crippen LogP contribution >= 0.6 is 0 Å². The molecule has 0 bridgehead atoms. The Morgan fingerprint density at radius 2 is 1.94 bits per heavy atom.